The lowest BCUT2D eigenvalue weighted by Crippen LogP contribution is -2.18. The maximum absolute atomic E-state index is 4.40. The molecule has 0 radical (unpaired) electrons. The van der Waals surface area contributed by atoms with E-state index in [9.17, 15) is 0 Å². The van der Waals surface area contributed by atoms with Crippen molar-refractivity contribution in [3.8, 4) is 0 Å². The van der Waals surface area contributed by atoms with Crippen LogP contribution in [-0.2, 0) is 13.1 Å². The second kappa shape index (κ2) is 6.53. The predicted octanol–water partition coefficient (Wildman–Crippen LogP) is 2.99. The van der Waals surface area contributed by atoms with Gasteiger partial charge in [0.05, 0.1) is 12.2 Å². The number of hydrogen-bond acceptors (Lipinski definition) is 2. The zero-order valence-electron chi connectivity index (χ0n) is 12.1. The van der Waals surface area contributed by atoms with Crippen LogP contribution in [0.5, 0.6) is 0 Å². The molecule has 1 aromatic carbocycles. The highest BCUT2D eigenvalue weighted by molar-refractivity contribution is 5.22. The summed E-state index contributed by atoms with van der Waals surface area (Å²) >= 11 is 0. The van der Waals surface area contributed by atoms with Crippen molar-refractivity contribution in [2.45, 2.75) is 33.9 Å². The highest BCUT2D eigenvalue weighted by Gasteiger charge is 1.99. The van der Waals surface area contributed by atoms with Gasteiger partial charge in [-0.1, -0.05) is 38.1 Å². The molecule has 0 unspecified atom stereocenters. The van der Waals surface area contributed by atoms with Crippen LogP contribution in [0.3, 0.4) is 0 Å². The number of nitrogens with zero attached hydrogens (tertiary/aromatic N) is 2. The molecule has 3 nitrogen and oxygen atoms in total. The first kappa shape index (κ1) is 13.8. The van der Waals surface area contributed by atoms with E-state index in [1.54, 1.807) is 0 Å². The third-order valence-corrected chi connectivity index (χ3v) is 3.02. The van der Waals surface area contributed by atoms with Crippen molar-refractivity contribution < 1.29 is 0 Å². The molecule has 3 heteroatoms. The van der Waals surface area contributed by atoms with Gasteiger partial charge in [-0.15, -0.1) is 0 Å². The van der Waals surface area contributed by atoms with E-state index in [-0.39, 0.29) is 0 Å². The highest BCUT2D eigenvalue weighted by atomic mass is 15.3. The van der Waals surface area contributed by atoms with Crippen LogP contribution in [0.2, 0.25) is 0 Å². The summed E-state index contributed by atoms with van der Waals surface area (Å²) in [6.07, 6.45) is 2.02. The van der Waals surface area contributed by atoms with E-state index < -0.39 is 0 Å². The molecule has 0 atom stereocenters. The fourth-order valence-electron chi connectivity index (χ4n) is 2.01. The average molecular weight is 257 g/mol. The molecule has 1 aromatic heterocycles. The summed E-state index contributed by atoms with van der Waals surface area (Å²) in [5, 5.41) is 7.86. The first-order chi connectivity index (χ1) is 9.13. The first-order valence-electron chi connectivity index (χ1n) is 6.92. The van der Waals surface area contributed by atoms with E-state index in [2.05, 4.69) is 48.5 Å². The molecule has 0 aliphatic heterocycles. The Bertz CT molecular complexity index is 497. The number of aromatic nitrogens is 2. The lowest BCUT2D eigenvalue weighted by molar-refractivity contribution is 0.552. The third kappa shape index (κ3) is 4.52. The molecule has 1 N–H and O–H groups in total. The maximum Gasteiger partial charge on any atom is 0.0659 e. The monoisotopic (exact) mass is 257 g/mol. The zero-order chi connectivity index (χ0) is 13.7. The summed E-state index contributed by atoms with van der Waals surface area (Å²) in [5.74, 6) is 0.697. The van der Waals surface area contributed by atoms with Crippen molar-refractivity contribution in [2.24, 2.45) is 5.92 Å². The Hall–Kier alpha value is -1.61. The molecule has 2 aromatic rings. The summed E-state index contributed by atoms with van der Waals surface area (Å²) in [7, 11) is 0. The Labute approximate surface area is 115 Å². The quantitative estimate of drug-likeness (QED) is 0.862. The highest BCUT2D eigenvalue weighted by Crippen LogP contribution is 2.07. The molecule has 0 aliphatic rings. The Morgan fingerprint density at radius 2 is 1.79 bits per heavy atom. The van der Waals surface area contributed by atoms with Crippen LogP contribution >= 0.6 is 0 Å². The molecular formula is C16H23N3. The number of nitrogens with one attached hydrogen (secondary N) is 1. The van der Waals surface area contributed by atoms with Crippen LogP contribution in [0.15, 0.2) is 36.5 Å². The molecule has 0 aliphatic carbocycles. The van der Waals surface area contributed by atoms with E-state index in [0.29, 0.717) is 5.92 Å². The fraction of sp³-hybridized carbons (Fsp3) is 0.438. The zero-order valence-corrected chi connectivity index (χ0v) is 12.1. The minimum Gasteiger partial charge on any atom is -0.312 e. The summed E-state index contributed by atoms with van der Waals surface area (Å²) in [5.41, 5.74) is 3.69. The minimum atomic E-state index is 0.697. The smallest absolute Gasteiger partial charge is 0.0659 e. The Morgan fingerprint density at radius 1 is 1.11 bits per heavy atom. The van der Waals surface area contributed by atoms with Crippen molar-refractivity contribution in [3.63, 3.8) is 0 Å². The molecule has 2 rings (SSSR count). The molecule has 0 bridgehead atoms. The van der Waals surface area contributed by atoms with Gasteiger partial charge in [-0.05, 0) is 36.6 Å². The van der Waals surface area contributed by atoms with Crippen LogP contribution in [0.1, 0.15) is 30.7 Å². The van der Waals surface area contributed by atoms with Gasteiger partial charge in [0.25, 0.3) is 0 Å². The van der Waals surface area contributed by atoms with E-state index in [1.807, 2.05) is 23.9 Å². The maximum atomic E-state index is 4.40. The molecule has 1 heterocycles. The fourth-order valence-corrected chi connectivity index (χ4v) is 2.01. The number of hydrogen-bond donors (Lipinski definition) is 1. The first-order valence-corrected chi connectivity index (χ1v) is 6.92. The van der Waals surface area contributed by atoms with Gasteiger partial charge >= 0.3 is 0 Å². The largest absolute Gasteiger partial charge is 0.312 e. The van der Waals surface area contributed by atoms with Crippen LogP contribution < -0.4 is 5.32 Å². The standard InChI is InChI=1S/C16H23N3/c1-13(2)10-17-11-15-4-6-16(7-5-15)12-19-9-8-14(3)18-19/h4-9,13,17H,10-12H2,1-3H3. The van der Waals surface area contributed by atoms with Gasteiger partial charge < -0.3 is 5.32 Å². The topological polar surface area (TPSA) is 29.9 Å². The van der Waals surface area contributed by atoms with Crippen molar-refractivity contribution in [3.05, 3.63) is 53.3 Å². The summed E-state index contributed by atoms with van der Waals surface area (Å²) in [4.78, 5) is 0. The van der Waals surface area contributed by atoms with E-state index in [0.717, 1.165) is 25.3 Å². The van der Waals surface area contributed by atoms with Crippen LogP contribution in [-0.4, -0.2) is 16.3 Å². The molecule has 0 fully saturated rings. The second-order valence-electron chi connectivity index (χ2n) is 5.50. The van der Waals surface area contributed by atoms with Crippen LogP contribution in [0, 0.1) is 12.8 Å². The normalized spacial score (nSPS) is 11.2. The Kier molecular flexibility index (Phi) is 4.74. The van der Waals surface area contributed by atoms with Crippen molar-refractivity contribution in [1.29, 1.82) is 0 Å². The third-order valence-electron chi connectivity index (χ3n) is 3.02. The lowest BCUT2D eigenvalue weighted by atomic mass is 10.1. The second-order valence-corrected chi connectivity index (χ2v) is 5.50. The Morgan fingerprint density at radius 3 is 2.37 bits per heavy atom. The van der Waals surface area contributed by atoms with Gasteiger partial charge in [0.1, 0.15) is 0 Å². The Balaban J connectivity index is 1.87. The van der Waals surface area contributed by atoms with Gasteiger partial charge in [-0.25, -0.2) is 0 Å². The van der Waals surface area contributed by atoms with Crippen LogP contribution in [0.4, 0.5) is 0 Å². The summed E-state index contributed by atoms with van der Waals surface area (Å²) in [6, 6.07) is 10.8. The molecule has 0 spiro atoms. The van der Waals surface area contributed by atoms with Crippen molar-refractivity contribution >= 4 is 0 Å². The SMILES string of the molecule is Cc1ccn(Cc2ccc(CNCC(C)C)cc2)n1. The van der Waals surface area contributed by atoms with Gasteiger partial charge in [-0.3, -0.25) is 4.68 Å². The number of rotatable bonds is 6. The molecule has 102 valence electrons. The molecule has 0 saturated carbocycles. The van der Waals surface area contributed by atoms with Gasteiger partial charge in [0.2, 0.25) is 0 Å². The van der Waals surface area contributed by atoms with Crippen molar-refractivity contribution in [1.82, 2.24) is 15.1 Å². The summed E-state index contributed by atoms with van der Waals surface area (Å²) < 4.78 is 1.97. The number of aryl methyl sites for hydroxylation is 1. The molecule has 0 saturated heterocycles. The van der Waals surface area contributed by atoms with E-state index >= 15 is 0 Å². The van der Waals surface area contributed by atoms with Crippen LogP contribution in [0.25, 0.3) is 0 Å². The van der Waals surface area contributed by atoms with Crippen molar-refractivity contribution in [2.75, 3.05) is 6.54 Å². The minimum absolute atomic E-state index is 0.697. The molecule has 0 amide bonds. The lowest BCUT2D eigenvalue weighted by Gasteiger charge is -2.08. The average Bonchev–Trinajstić information content (AvgIpc) is 2.77. The van der Waals surface area contributed by atoms with Gasteiger partial charge in [0, 0.05) is 12.7 Å². The number of benzene rings is 1. The molecular weight excluding hydrogens is 234 g/mol. The van der Waals surface area contributed by atoms with Gasteiger partial charge in [-0.2, -0.15) is 5.10 Å². The summed E-state index contributed by atoms with van der Waals surface area (Å²) in [6.45, 7) is 9.31. The van der Waals surface area contributed by atoms with E-state index in [1.165, 1.54) is 11.1 Å². The van der Waals surface area contributed by atoms with E-state index in [4.69, 9.17) is 0 Å². The molecule has 19 heavy (non-hydrogen) atoms. The van der Waals surface area contributed by atoms with Gasteiger partial charge in [0.15, 0.2) is 0 Å². The predicted molar refractivity (Wildman–Crippen MR) is 79.1 cm³/mol.